The molecule has 0 saturated carbocycles. The van der Waals surface area contributed by atoms with Gasteiger partial charge in [-0.3, -0.25) is 9.59 Å². The summed E-state index contributed by atoms with van der Waals surface area (Å²) in [6.45, 7) is 8.86. The fraction of sp³-hybridized carbons (Fsp3) is 0.436. The van der Waals surface area contributed by atoms with Crippen LogP contribution in [-0.2, 0) is 25.5 Å². The minimum atomic E-state index is -0.690. The summed E-state index contributed by atoms with van der Waals surface area (Å²) in [5, 5.41) is 7.82. The Hall–Kier alpha value is -5.84. The SMILES string of the molecule is COC(=O)NCC(=O)NCCCCc1nc2ccc(C#Cc3c(C)cc(-c4cnc(C5CCCN5C(=O)C(NC(=O)OC)C(C)C)[nH]4)cc3C)cc2[nH]1. The molecule has 4 aromatic rings. The zero-order valence-corrected chi connectivity index (χ0v) is 31.1. The lowest BCUT2D eigenvalue weighted by molar-refractivity contribution is -0.135. The lowest BCUT2D eigenvalue weighted by atomic mass is 9.98. The van der Waals surface area contributed by atoms with E-state index in [9.17, 15) is 19.2 Å². The van der Waals surface area contributed by atoms with Gasteiger partial charge in [0.2, 0.25) is 11.8 Å². The summed E-state index contributed by atoms with van der Waals surface area (Å²) in [7, 11) is 2.54. The van der Waals surface area contributed by atoms with Crippen LogP contribution in [0.4, 0.5) is 9.59 Å². The average molecular weight is 725 g/mol. The second kappa shape index (κ2) is 17.6. The molecule has 2 atom stereocenters. The van der Waals surface area contributed by atoms with E-state index < -0.39 is 18.2 Å². The maximum atomic E-state index is 13.5. The first kappa shape index (κ1) is 38.4. The van der Waals surface area contributed by atoms with Crippen LogP contribution in [0.25, 0.3) is 22.3 Å². The molecular weight excluding hydrogens is 676 g/mol. The first-order chi connectivity index (χ1) is 25.5. The Morgan fingerprint density at radius 2 is 1.74 bits per heavy atom. The van der Waals surface area contributed by atoms with E-state index in [0.29, 0.717) is 13.1 Å². The van der Waals surface area contributed by atoms with E-state index >= 15 is 0 Å². The maximum absolute atomic E-state index is 13.5. The molecular formula is C39H48N8O6. The van der Waals surface area contributed by atoms with Gasteiger partial charge in [-0.2, -0.15) is 0 Å². The Bertz CT molecular complexity index is 2000. The highest BCUT2D eigenvalue weighted by Gasteiger charge is 2.37. The number of amides is 4. The maximum Gasteiger partial charge on any atom is 0.407 e. The number of hydrogen-bond acceptors (Lipinski definition) is 8. The van der Waals surface area contributed by atoms with Gasteiger partial charge in [0.25, 0.3) is 0 Å². The third kappa shape index (κ3) is 9.73. The average Bonchev–Trinajstić information content (AvgIpc) is 3.91. The molecule has 14 heteroatoms. The number of imidazole rings is 2. The van der Waals surface area contributed by atoms with Gasteiger partial charge in [-0.15, -0.1) is 0 Å². The monoisotopic (exact) mass is 724 g/mol. The molecule has 280 valence electrons. The molecule has 2 aromatic heterocycles. The van der Waals surface area contributed by atoms with Crippen LogP contribution in [0.1, 0.15) is 79.5 Å². The molecule has 1 saturated heterocycles. The van der Waals surface area contributed by atoms with E-state index in [0.717, 1.165) is 88.3 Å². The molecule has 5 rings (SSSR count). The molecule has 1 fully saturated rings. The van der Waals surface area contributed by atoms with Crippen LogP contribution in [0.3, 0.4) is 0 Å². The normalized spacial score (nSPS) is 14.4. The minimum Gasteiger partial charge on any atom is -0.453 e. The van der Waals surface area contributed by atoms with Crippen LogP contribution < -0.4 is 16.0 Å². The van der Waals surface area contributed by atoms with Gasteiger partial charge in [-0.25, -0.2) is 19.6 Å². The summed E-state index contributed by atoms with van der Waals surface area (Å²) < 4.78 is 9.21. The molecule has 4 amide bonds. The van der Waals surface area contributed by atoms with Crippen molar-refractivity contribution in [3.63, 3.8) is 0 Å². The van der Waals surface area contributed by atoms with E-state index in [-0.39, 0.29) is 30.3 Å². The highest BCUT2D eigenvalue weighted by atomic mass is 16.5. The molecule has 0 aliphatic carbocycles. The van der Waals surface area contributed by atoms with Gasteiger partial charge in [0, 0.05) is 36.2 Å². The van der Waals surface area contributed by atoms with Gasteiger partial charge in [0.1, 0.15) is 17.7 Å². The number of alkyl carbamates (subject to hydrolysis) is 2. The first-order valence-corrected chi connectivity index (χ1v) is 17.9. The summed E-state index contributed by atoms with van der Waals surface area (Å²) in [4.78, 5) is 66.4. The van der Waals surface area contributed by atoms with Crippen molar-refractivity contribution < 1.29 is 28.7 Å². The number of H-pyrrole nitrogens is 2. The zero-order valence-electron chi connectivity index (χ0n) is 31.1. The number of aryl methyl sites for hydroxylation is 3. The fourth-order valence-electron chi connectivity index (χ4n) is 6.49. The van der Waals surface area contributed by atoms with E-state index in [4.69, 9.17) is 9.72 Å². The summed E-state index contributed by atoms with van der Waals surface area (Å²) in [6.07, 6.45) is 4.50. The number of methoxy groups -OCH3 is 2. The predicted molar refractivity (Wildman–Crippen MR) is 200 cm³/mol. The standard InChI is InChI=1S/C39H48N8O6/c1-23(2)35(46-39(51)53-6)37(49)47-17-9-10-32(47)36-41-21-31(45-36)27-18-24(3)28(25(4)19-27)14-12-26-13-15-29-30(20-26)44-33(43-29)11-7-8-16-40-34(48)22-42-38(50)52-5/h13,15,18-21,23,32,35H,7-11,16-17,22H2,1-6H3,(H,40,48)(H,41,45)(H,42,50)(H,43,44)(H,46,51). The Morgan fingerprint density at radius 1 is 0.981 bits per heavy atom. The Labute approximate surface area is 309 Å². The molecule has 1 aliphatic heterocycles. The summed E-state index contributed by atoms with van der Waals surface area (Å²) >= 11 is 0. The molecule has 14 nitrogen and oxygen atoms in total. The lowest BCUT2D eigenvalue weighted by Gasteiger charge is -2.30. The number of rotatable bonds is 12. The van der Waals surface area contributed by atoms with Gasteiger partial charge in [0.15, 0.2) is 0 Å². The number of aromatic nitrogens is 4. The molecule has 3 heterocycles. The molecule has 2 aromatic carbocycles. The molecule has 2 unspecified atom stereocenters. The molecule has 0 spiro atoms. The van der Waals surface area contributed by atoms with Crippen LogP contribution in [-0.4, -0.2) is 88.7 Å². The number of likely N-dealkylation sites (tertiary alicyclic amines) is 1. The van der Waals surface area contributed by atoms with Gasteiger partial charge < -0.3 is 40.3 Å². The summed E-state index contributed by atoms with van der Waals surface area (Å²) in [5.74, 6) is 7.77. The van der Waals surface area contributed by atoms with Crippen molar-refractivity contribution in [2.24, 2.45) is 5.92 Å². The van der Waals surface area contributed by atoms with Gasteiger partial charge in [0.05, 0.1) is 49.7 Å². The highest BCUT2D eigenvalue weighted by Crippen LogP contribution is 2.33. The van der Waals surface area contributed by atoms with Crippen LogP contribution in [0.2, 0.25) is 0 Å². The number of aromatic amines is 2. The molecule has 5 N–H and O–H groups in total. The van der Waals surface area contributed by atoms with Crippen molar-refractivity contribution in [3.05, 3.63) is 70.4 Å². The minimum absolute atomic E-state index is 0.106. The zero-order chi connectivity index (χ0) is 38.1. The second-order valence-corrected chi connectivity index (χ2v) is 13.5. The van der Waals surface area contributed by atoms with Gasteiger partial charge in [-0.05, 0) is 86.9 Å². The van der Waals surface area contributed by atoms with Crippen molar-refractivity contribution in [3.8, 4) is 23.1 Å². The molecule has 0 radical (unpaired) electrons. The quantitative estimate of drug-likeness (QED) is 0.102. The number of ether oxygens (including phenoxy) is 2. The number of hydrogen-bond donors (Lipinski definition) is 5. The second-order valence-electron chi connectivity index (χ2n) is 13.5. The fourth-order valence-corrected chi connectivity index (χ4v) is 6.49. The first-order valence-electron chi connectivity index (χ1n) is 17.9. The van der Waals surface area contributed by atoms with Crippen molar-refractivity contribution in [1.29, 1.82) is 0 Å². The third-order valence-corrected chi connectivity index (χ3v) is 9.29. The number of carbonyl (C=O) groups is 4. The predicted octanol–water partition coefficient (Wildman–Crippen LogP) is 4.81. The molecule has 0 bridgehead atoms. The van der Waals surface area contributed by atoms with E-state index in [2.05, 4.69) is 59.6 Å². The van der Waals surface area contributed by atoms with Crippen molar-refractivity contribution in [2.45, 2.75) is 71.9 Å². The van der Waals surface area contributed by atoms with Crippen LogP contribution in [0.15, 0.2) is 36.5 Å². The van der Waals surface area contributed by atoms with Crippen LogP contribution in [0, 0.1) is 31.6 Å². The third-order valence-electron chi connectivity index (χ3n) is 9.29. The van der Waals surface area contributed by atoms with Crippen molar-refractivity contribution in [2.75, 3.05) is 33.9 Å². The highest BCUT2D eigenvalue weighted by molar-refractivity contribution is 5.86. The summed E-state index contributed by atoms with van der Waals surface area (Å²) in [6, 6.07) is 9.22. The van der Waals surface area contributed by atoms with E-state index in [1.54, 1.807) is 4.90 Å². The number of nitrogens with one attached hydrogen (secondary N) is 5. The lowest BCUT2D eigenvalue weighted by Crippen LogP contribution is -2.51. The van der Waals surface area contributed by atoms with Crippen LogP contribution >= 0.6 is 0 Å². The number of benzene rings is 2. The van der Waals surface area contributed by atoms with Crippen LogP contribution in [0.5, 0.6) is 0 Å². The van der Waals surface area contributed by atoms with Crippen molar-refractivity contribution in [1.82, 2.24) is 40.8 Å². The molecule has 53 heavy (non-hydrogen) atoms. The van der Waals surface area contributed by atoms with E-state index in [1.165, 1.54) is 14.2 Å². The van der Waals surface area contributed by atoms with Gasteiger partial charge >= 0.3 is 12.2 Å². The smallest absolute Gasteiger partial charge is 0.407 e. The largest absolute Gasteiger partial charge is 0.453 e. The topological polar surface area (TPSA) is 183 Å². The Morgan fingerprint density at radius 3 is 2.45 bits per heavy atom. The Balaban J connectivity index is 1.20. The number of fused-ring (bicyclic) bond motifs is 1. The van der Waals surface area contributed by atoms with E-state index in [1.807, 2.05) is 52.1 Å². The van der Waals surface area contributed by atoms with Gasteiger partial charge in [-0.1, -0.05) is 25.7 Å². The summed E-state index contributed by atoms with van der Waals surface area (Å²) in [5.41, 5.74) is 7.52. The number of unbranched alkanes of at least 4 members (excludes halogenated alkanes) is 1. The molecule has 1 aliphatic rings. The Kier molecular flexibility index (Phi) is 12.7. The van der Waals surface area contributed by atoms with Crippen molar-refractivity contribution >= 4 is 35.0 Å². The number of carbonyl (C=O) groups excluding carboxylic acids is 4. The number of nitrogens with zero attached hydrogens (tertiary/aromatic N) is 3.